The minimum absolute atomic E-state index is 0.331. The molecule has 0 bridgehead atoms. The van der Waals surface area contributed by atoms with E-state index in [2.05, 4.69) is 143 Å². The second-order valence-corrected chi connectivity index (χ2v) is 10.7. The first-order valence-corrected chi connectivity index (χ1v) is 13.2. The van der Waals surface area contributed by atoms with Crippen molar-refractivity contribution in [2.24, 2.45) is 0 Å². The Morgan fingerprint density at radius 3 is 1.75 bits per heavy atom. The van der Waals surface area contributed by atoms with Crippen LogP contribution in [0.2, 0.25) is 0 Å². The van der Waals surface area contributed by atoms with E-state index in [0.717, 1.165) is 4.47 Å². The summed E-state index contributed by atoms with van der Waals surface area (Å²) in [5, 5.41) is 2.56. The molecule has 0 aliphatic heterocycles. The molecular weight excluding hydrogens is 500 g/mol. The lowest BCUT2D eigenvalue weighted by Gasteiger charge is -2.31. The molecule has 6 aromatic carbocycles. The molecule has 1 heteroatoms. The van der Waals surface area contributed by atoms with Gasteiger partial charge in [0.05, 0.1) is 5.41 Å². The summed E-state index contributed by atoms with van der Waals surface area (Å²) in [4.78, 5) is 0. The average Bonchev–Trinajstić information content (AvgIpc) is 3.39. The van der Waals surface area contributed by atoms with Gasteiger partial charge in [-0.15, -0.1) is 0 Å². The molecule has 6 aromatic rings. The van der Waals surface area contributed by atoms with E-state index < -0.39 is 0 Å². The molecule has 0 fully saturated rings. The fourth-order valence-corrected chi connectivity index (χ4v) is 7.12. The second kappa shape index (κ2) is 7.29. The van der Waals surface area contributed by atoms with Gasteiger partial charge in [-0.2, -0.15) is 0 Å². The molecule has 1 spiro atoms. The van der Waals surface area contributed by atoms with Crippen LogP contribution in [0.1, 0.15) is 22.3 Å². The van der Waals surface area contributed by atoms with E-state index >= 15 is 0 Å². The van der Waals surface area contributed by atoms with Gasteiger partial charge in [0, 0.05) is 4.47 Å². The number of fused-ring (bicyclic) bond motifs is 11. The molecule has 36 heavy (non-hydrogen) atoms. The molecule has 0 aromatic heterocycles. The van der Waals surface area contributed by atoms with Crippen LogP contribution in [-0.2, 0) is 5.41 Å². The first-order chi connectivity index (χ1) is 17.8. The van der Waals surface area contributed by atoms with Gasteiger partial charge in [-0.3, -0.25) is 0 Å². The van der Waals surface area contributed by atoms with Crippen LogP contribution in [0, 0.1) is 0 Å². The second-order valence-electron chi connectivity index (χ2n) is 9.82. The van der Waals surface area contributed by atoms with Gasteiger partial charge in [0.25, 0.3) is 0 Å². The highest BCUT2D eigenvalue weighted by molar-refractivity contribution is 9.10. The number of hydrogen-bond donors (Lipinski definition) is 0. The molecule has 0 nitrogen and oxygen atoms in total. The van der Waals surface area contributed by atoms with E-state index in [9.17, 15) is 0 Å². The summed E-state index contributed by atoms with van der Waals surface area (Å²) in [6.45, 7) is 0. The normalized spacial score (nSPS) is 13.9. The highest BCUT2D eigenvalue weighted by atomic mass is 79.9. The van der Waals surface area contributed by atoms with Crippen LogP contribution >= 0.6 is 15.9 Å². The van der Waals surface area contributed by atoms with Crippen molar-refractivity contribution in [2.75, 3.05) is 0 Å². The third-order valence-corrected chi connectivity index (χ3v) is 8.65. The largest absolute Gasteiger partial charge is 0.0726 e. The van der Waals surface area contributed by atoms with E-state index in [0.29, 0.717) is 0 Å². The van der Waals surface area contributed by atoms with Gasteiger partial charge in [-0.25, -0.2) is 0 Å². The average molecular weight is 521 g/mol. The third-order valence-electron chi connectivity index (χ3n) is 8.15. The minimum atomic E-state index is -0.331. The summed E-state index contributed by atoms with van der Waals surface area (Å²) in [6.07, 6.45) is 0. The monoisotopic (exact) mass is 520 g/mol. The van der Waals surface area contributed by atoms with Gasteiger partial charge in [0.1, 0.15) is 0 Å². The fraction of sp³-hybridized carbons (Fsp3) is 0.0286. The zero-order valence-electron chi connectivity index (χ0n) is 19.5. The molecule has 0 saturated carbocycles. The van der Waals surface area contributed by atoms with Crippen molar-refractivity contribution in [3.05, 3.63) is 154 Å². The zero-order chi connectivity index (χ0) is 23.9. The van der Waals surface area contributed by atoms with Crippen LogP contribution in [0.3, 0.4) is 0 Å². The van der Waals surface area contributed by atoms with Crippen LogP contribution in [0.4, 0.5) is 0 Å². The van der Waals surface area contributed by atoms with E-state index in [4.69, 9.17) is 0 Å². The molecule has 0 radical (unpaired) electrons. The Labute approximate surface area is 219 Å². The summed E-state index contributed by atoms with van der Waals surface area (Å²) in [5.41, 5.74) is 13.0. The molecule has 8 rings (SSSR count). The van der Waals surface area contributed by atoms with Crippen LogP contribution in [-0.4, -0.2) is 0 Å². The van der Waals surface area contributed by atoms with Gasteiger partial charge in [0.15, 0.2) is 0 Å². The zero-order valence-corrected chi connectivity index (χ0v) is 21.1. The third kappa shape index (κ3) is 2.49. The van der Waals surface area contributed by atoms with Gasteiger partial charge >= 0.3 is 0 Å². The van der Waals surface area contributed by atoms with Gasteiger partial charge < -0.3 is 0 Å². The quantitative estimate of drug-likeness (QED) is 0.202. The Hall–Kier alpha value is -3.94. The molecule has 2 aliphatic carbocycles. The van der Waals surface area contributed by atoms with E-state index in [1.165, 1.54) is 66.4 Å². The predicted molar refractivity (Wildman–Crippen MR) is 153 cm³/mol. The van der Waals surface area contributed by atoms with E-state index in [1.807, 2.05) is 0 Å². The van der Waals surface area contributed by atoms with Crippen LogP contribution in [0.15, 0.2) is 132 Å². The standard InChI is InChI=1S/C35H21Br/c36-24-17-19-30-29-18-16-23(26-13-7-9-22-8-1-2-10-25(22)26)20-33(29)35(34(30)21-24)31-14-5-3-11-27(31)28-12-4-6-15-32(28)35/h1-21H. The molecule has 0 heterocycles. The topological polar surface area (TPSA) is 0 Å². The first-order valence-electron chi connectivity index (χ1n) is 12.4. The molecule has 0 saturated heterocycles. The van der Waals surface area contributed by atoms with Gasteiger partial charge in [-0.1, -0.05) is 125 Å². The molecule has 168 valence electrons. The van der Waals surface area contributed by atoms with E-state index in [1.54, 1.807) is 0 Å². The number of rotatable bonds is 1. The molecular formula is C35H21Br. The number of hydrogen-bond acceptors (Lipinski definition) is 0. The Morgan fingerprint density at radius 1 is 0.417 bits per heavy atom. The highest BCUT2D eigenvalue weighted by Gasteiger charge is 2.51. The number of halogens is 1. The lowest BCUT2D eigenvalue weighted by Crippen LogP contribution is -2.25. The first kappa shape index (κ1) is 20.3. The Kier molecular flexibility index (Phi) is 4.10. The van der Waals surface area contributed by atoms with Gasteiger partial charge in [0.2, 0.25) is 0 Å². The van der Waals surface area contributed by atoms with Crippen LogP contribution in [0.5, 0.6) is 0 Å². The Morgan fingerprint density at radius 2 is 0.972 bits per heavy atom. The smallest absolute Gasteiger partial charge is 0.0619 e. The summed E-state index contributed by atoms with van der Waals surface area (Å²) < 4.78 is 1.12. The Bertz CT molecular complexity index is 1810. The SMILES string of the molecule is Brc1ccc2c(c1)C1(c3ccccc3-c3ccccc31)c1cc(-c3cccc4ccccc34)ccc1-2. The van der Waals surface area contributed by atoms with Crippen molar-refractivity contribution in [3.8, 4) is 33.4 Å². The van der Waals surface area contributed by atoms with Crippen LogP contribution < -0.4 is 0 Å². The predicted octanol–water partition coefficient (Wildman–Crippen LogP) is 9.61. The minimum Gasteiger partial charge on any atom is -0.0619 e. The number of benzene rings is 6. The molecule has 0 unspecified atom stereocenters. The summed E-state index contributed by atoms with van der Waals surface area (Å²) >= 11 is 3.80. The van der Waals surface area contributed by atoms with Crippen molar-refractivity contribution in [2.45, 2.75) is 5.41 Å². The van der Waals surface area contributed by atoms with E-state index in [-0.39, 0.29) is 5.41 Å². The molecule has 0 N–H and O–H groups in total. The molecule has 2 aliphatic rings. The Balaban J connectivity index is 1.51. The van der Waals surface area contributed by atoms with Gasteiger partial charge in [-0.05, 0) is 84.6 Å². The highest BCUT2D eigenvalue weighted by Crippen LogP contribution is 2.63. The molecule has 0 amide bonds. The summed E-state index contributed by atoms with van der Waals surface area (Å²) in [7, 11) is 0. The maximum absolute atomic E-state index is 3.80. The summed E-state index contributed by atoms with van der Waals surface area (Å²) in [6, 6.07) is 47.2. The maximum atomic E-state index is 3.80. The van der Waals surface area contributed by atoms with Crippen LogP contribution in [0.25, 0.3) is 44.2 Å². The van der Waals surface area contributed by atoms with Crippen molar-refractivity contribution in [1.82, 2.24) is 0 Å². The lowest BCUT2D eigenvalue weighted by molar-refractivity contribution is 0.793. The molecule has 0 atom stereocenters. The maximum Gasteiger partial charge on any atom is 0.0726 e. The van der Waals surface area contributed by atoms with Crippen molar-refractivity contribution >= 4 is 26.7 Å². The van der Waals surface area contributed by atoms with Crippen molar-refractivity contribution in [1.29, 1.82) is 0 Å². The van der Waals surface area contributed by atoms with Crippen molar-refractivity contribution in [3.63, 3.8) is 0 Å². The lowest BCUT2D eigenvalue weighted by atomic mass is 9.70. The van der Waals surface area contributed by atoms with Crippen molar-refractivity contribution < 1.29 is 0 Å². The fourth-order valence-electron chi connectivity index (χ4n) is 6.76. The summed E-state index contributed by atoms with van der Waals surface area (Å²) in [5.74, 6) is 0.